The summed E-state index contributed by atoms with van der Waals surface area (Å²) in [6.07, 6.45) is -7.61. The van der Waals surface area contributed by atoms with Crippen LogP contribution in [0.15, 0.2) is 53.5 Å². The second kappa shape index (κ2) is 14.3. The van der Waals surface area contributed by atoms with Gasteiger partial charge in [0.15, 0.2) is 0 Å². The van der Waals surface area contributed by atoms with E-state index in [1.165, 1.54) is 4.90 Å². The van der Waals surface area contributed by atoms with Crippen LogP contribution in [0, 0.1) is 0 Å². The number of benzene rings is 2. The molecule has 266 valence electrons. The molecule has 4 aliphatic rings. The highest BCUT2D eigenvalue weighted by Crippen LogP contribution is 2.37. The normalized spacial score (nSPS) is 24.4. The SMILES string of the molecule is CC1=NCCN1CC(=O)N1CCC(N2CCN(C3CCN(C(=O)c4cc(C(F)(F)F)cc(C(F)(F)F)c4)C(Cc4ccccc4)C3)CC2)C1. The Balaban J connectivity index is 1.10. The van der Waals surface area contributed by atoms with Gasteiger partial charge in [0.2, 0.25) is 5.91 Å². The van der Waals surface area contributed by atoms with Crippen LogP contribution >= 0.6 is 0 Å². The number of aliphatic imine (C=N–C) groups is 1. The quantitative estimate of drug-likeness (QED) is 0.387. The van der Waals surface area contributed by atoms with Gasteiger partial charge in [-0.1, -0.05) is 30.3 Å². The first-order valence-corrected chi connectivity index (χ1v) is 16.9. The molecule has 0 bridgehead atoms. The fraction of sp³-hybridized carbons (Fsp3) is 0.571. The minimum atomic E-state index is -5.04. The second-order valence-electron chi connectivity index (χ2n) is 13.5. The van der Waals surface area contributed by atoms with Crippen LogP contribution in [-0.4, -0.2) is 126 Å². The molecule has 8 nitrogen and oxygen atoms in total. The molecule has 6 rings (SSSR count). The lowest BCUT2D eigenvalue weighted by atomic mass is 9.90. The summed E-state index contributed by atoms with van der Waals surface area (Å²) in [7, 11) is 0. The molecule has 2 aromatic rings. The first kappa shape index (κ1) is 35.2. The van der Waals surface area contributed by atoms with Crippen molar-refractivity contribution >= 4 is 17.6 Å². The number of rotatable bonds is 7. The second-order valence-corrected chi connectivity index (χ2v) is 13.5. The van der Waals surface area contributed by atoms with Gasteiger partial charge in [-0.25, -0.2) is 0 Å². The predicted octanol–water partition coefficient (Wildman–Crippen LogP) is 4.89. The monoisotopic (exact) mass is 692 g/mol. The lowest BCUT2D eigenvalue weighted by molar-refractivity contribution is -0.143. The fourth-order valence-electron chi connectivity index (χ4n) is 7.74. The van der Waals surface area contributed by atoms with Gasteiger partial charge in [-0.15, -0.1) is 0 Å². The number of carbonyl (C=O) groups excluding carboxylic acids is 2. The van der Waals surface area contributed by atoms with Crippen LogP contribution in [0.5, 0.6) is 0 Å². The number of amides is 2. The molecule has 0 aliphatic carbocycles. The van der Waals surface area contributed by atoms with Crippen LogP contribution in [0.4, 0.5) is 26.3 Å². The van der Waals surface area contributed by atoms with E-state index in [4.69, 9.17) is 0 Å². The van der Waals surface area contributed by atoms with Gasteiger partial charge in [-0.05, 0) is 56.4 Å². The largest absolute Gasteiger partial charge is 0.416 e. The summed E-state index contributed by atoms with van der Waals surface area (Å²) in [6, 6.07) is 10.5. The van der Waals surface area contributed by atoms with Gasteiger partial charge in [-0.3, -0.25) is 24.4 Å². The molecule has 0 N–H and O–H groups in total. The van der Waals surface area contributed by atoms with Crippen LogP contribution in [0.1, 0.15) is 53.2 Å². The van der Waals surface area contributed by atoms with E-state index in [0.29, 0.717) is 50.5 Å². The Morgan fingerprint density at radius 1 is 0.796 bits per heavy atom. The van der Waals surface area contributed by atoms with Crippen molar-refractivity contribution in [1.82, 2.24) is 24.5 Å². The topological polar surface area (TPSA) is 62.7 Å². The third-order valence-electron chi connectivity index (χ3n) is 10.5. The van der Waals surface area contributed by atoms with Gasteiger partial charge in [-0.2, -0.15) is 26.3 Å². The molecule has 4 aliphatic heterocycles. The summed E-state index contributed by atoms with van der Waals surface area (Å²) >= 11 is 0. The molecule has 14 heteroatoms. The molecule has 0 radical (unpaired) electrons. The minimum absolute atomic E-state index is 0.0514. The number of alkyl halides is 6. The van der Waals surface area contributed by atoms with Crippen LogP contribution in [0.2, 0.25) is 0 Å². The van der Waals surface area contributed by atoms with Gasteiger partial charge in [0.25, 0.3) is 5.91 Å². The van der Waals surface area contributed by atoms with Crippen molar-refractivity contribution in [1.29, 1.82) is 0 Å². The Labute approximate surface area is 282 Å². The van der Waals surface area contributed by atoms with Gasteiger partial charge < -0.3 is 14.7 Å². The van der Waals surface area contributed by atoms with Crippen molar-refractivity contribution in [3.8, 4) is 0 Å². The average Bonchev–Trinajstić information content (AvgIpc) is 3.73. The maximum absolute atomic E-state index is 13.8. The predicted molar refractivity (Wildman–Crippen MR) is 172 cm³/mol. The zero-order chi connectivity index (χ0) is 34.9. The highest BCUT2D eigenvalue weighted by Gasteiger charge is 2.41. The zero-order valence-electron chi connectivity index (χ0n) is 27.5. The van der Waals surface area contributed by atoms with E-state index in [1.54, 1.807) is 0 Å². The Bertz CT molecular complexity index is 1490. The van der Waals surface area contributed by atoms with E-state index >= 15 is 0 Å². The molecule has 3 saturated heterocycles. The standard InChI is InChI=1S/C35H42F6N6O2/c1-24-42-9-12-45(24)23-32(48)46-10-7-30(22-46)44-15-13-43(14-16-44)29-8-11-47(31(21-29)17-25-5-3-2-4-6-25)33(49)26-18-27(34(36,37)38)20-28(19-26)35(39,40)41/h2-6,18-20,29-31H,7-17,21-23H2,1H3. The van der Waals surface area contributed by atoms with Crippen molar-refractivity contribution in [2.75, 3.05) is 65.4 Å². The van der Waals surface area contributed by atoms with Gasteiger partial charge in [0, 0.05) is 76.0 Å². The van der Waals surface area contributed by atoms with Crippen molar-refractivity contribution in [3.63, 3.8) is 0 Å². The maximum Gasteiger partial charge on any atom is 0.416 e. The molecule has 0 aromatic heterocycles. The molecule has 0 saturated carbocycles. The Morgan fingerprint density at radius 2 is 1.41 bits per heavy atom. The van der Waals surface area contributed by atoms with E-state index in [2.05, 4.69) is 14.8 Å². The molecular weight excluding hydrogens is 650 g/mol. The number of hydrogen-bond donors (Lipinski definition) is 0. The van der Waals surface area contributed by atoms with E-state index in [9.17, 15) is 35.9 Å². The van der Waals surface area contributed by atoms with Crippen molar-refractivity contribution in [2.45, 2.75) is 63.1 Å². The number of carbonyl (C=O) groups is 2. The zero-order valence-corrected chi connectivity index (χ0v) is 27.5. The molecule has 49 heavy (non-hydrogen) atoms. The third-order valence-corrected chi connectivity index (χ3v) is 10.5. The minimum Gasteiger partial charge on any atom is -0.349 e. The molecule has 3 unspecified atom stereocenters. The smallest absolute Gasteiger partial charge is 0.349 e. The molecule has 2 aromatic carbocycles. The number of amidine groups is 1. The van der Waals surface area contributed by atoms with E-state index in [-0.39, 0.29) is 24.6 Å². The molecule has 4 heterocycles. The molecular formula is C35H42F6N6O2. The summed E-state index contributed by atoms with van der Waals surface area (Å²) in [6.45, 7) is 8.72. The van der Waals surface area contributed by atoms with Crippen LogP contribution in [0.25, 0.3) is 0 Å². The van der Waals surface area contributed by atoms with Gasteiger partial charge >= 0.3 is 12.4 Å². The first-order valence-electron chi connectivity index (χ1n) is 16.9. The maximum atomic E-state index is 13.8. The van der Waals surface area contributed by atoms with Crippen LogP contribution < -0.4 is 0 Å². The highest BCUT2D eigenvalue weighted by atomic mass is 19.4. The summed E-state index contributed by atoms with van der Waals surface area (Å²) in [4.78, 5) is 41.4. The Morgan fingerprint density at radius 3 is 2.00 bits per heavy atom. The molecule has 2 amide bonds. The van der Waals surface area contributed by atoms with Crippen molar-refractivity contribution in [2.24, 2.45) is 4.99 Å². The highest BCUT2D eigenvalue weighted by molar-refractivity contribution is 5.95. The number of likely N-dealkylation sites (tertiary alicyclic amines) is 2. The Hall–Kier alpha value is -3.65. The average molecular weight is 693 g/mol. The lowest BCUT2D eigenvalue weighted by Gasteiger charge is -2.47. The van der Waals surface area contributed by atoms with Crippen molar-refractivity contribution in [3.05, 3.63) is 70.8 Å². The lowest BCUT2D eigenvalue weighted by Crippen LogP contribution is -2.58. The number of hydrogen-bond acceptors (Lipinski definition) is 6. The van der Waals surface area contributed by atoms with E-state index < -0.39 is 41.0 Å². The van der Waals surface area contributed by atoms with Gasteiger partial charge in [0.1, 0.15) is 0 Å². The number of piperazine rings is 1. The van der Waals surface area contributed by atoms with Crippen molar-refractivity contribution < 1.29 is 35.9 Å². The Kier molecular flexibility index (Phi) is 10.3. The first-order chi connectivity index (χ1) is 23.3. The molecule has 3 atom stereocenters. The fourth-order valence-corrected chi connectivity index (χ4v) is 7.74. The summed E-state index contributed by atoms with van der Waals surface area (Å²) in [5.41, 5.74) is -2.67. The number of halogens is 6. The van der Waals surface area contributed by atoms with Crippen LogP contribution in [0.3, 0.4) is 0 Å². The summed E-state index contributed by atoms with van der Waals surface area (Å²) < 4.78 is 81.6. The molecule has 3 fully saturated rings. The van der Waals surface area contributed by atoms with Gasteiger partial charge in [0.05, 0.1) is 30.1 Å². The molecule has 0 spiro atoms. The number of piperidine rings is 1. The summed E-state index contributed by atoms with van der Waals surface area (Å²) in [5.74, 6) is 0.212. The summed E-state index contributed by atoms with van der Waals surface area (Å²) in [5, 5.41) is 0. The van der Waals surface area contributed by atoms with E-state index in [1.807, 2.05) is 47.1 Å². The number of nitrogens with zero attached hydrogens (tertiary/aromatic N) is 6. The van der Waals surface area contributed by atoms with E-state index in [0.717, 1.165) is 63.6 Å². The third kappa shape index (κ3) is 8.22. The van der Waals surface area contributed by atoms with Crippen LogP contribution in [-0.2, 0) is 23.6 Å².